The van der Waals surface area contributed by atoms with Crippen molar-refractivity contribution >= 4 is 5.97 Å². The lowest BCUT2D eigenvalue weighted by Crippen LogP contribution is -2.56. The number of ether oxygens (including phenoxy) is 2. The molecule has 4 atom stereocenters. The number of carbonyl (C=O) groups is 1. The van der Waals surface area contributed by atoms with Crippen molar-refractivity contribution in [3.63, 3.8) is 0 Å². The van der Waals surface area contributed by atoms with Crippen LogP contribution in [0.4, 0.5) is 0 Å². The number of esters is 1. The second-order valence-electron chi connectivity index (χ2n) is 7.40. The molecule has 1 heterocycles. The van der Waals surface area contributed by atoms with Crippen LogP contribution >= 0.6 is 0 Å². The van der Waals surface area contributed by atoms with Gasteiger partial charge in [-0.15, -0.1) is 0 Å². The van der Waals surface area contributed by atoms with Gasteiger partial charge in [-0.05, 0) is 23.7 Å². The van der Waals surface area contributed by atoms with Crippen LogP contribution in [0, 0.1) is 22.7 Å². The summed E-state index contributed by atoms with van der Waals surface area (Å²) in [7, 11) is 1.53. The van der Waals surface area contributed by atoms with Crippen LogP contribution in [0.25, 0.3) is 0 Å². The van der Waals surface area contributed by atoms with Crippen molar-refractivity contribution in [2.45, 2.75) is 46.1 Å². The zero-order valence-electron chi connectivity index (χ0n) is 12.7. The third-order valence-electron chi connectivity index (χ3n) is 5.90. The molecular formula is C16H24O4. The van der Waals surface area contributed by atoms with Crippen molar-refractivity contribution in [3.8, 4) is 0 Å². The van der Waals surface area contributed by atoms with Gasteiger partial charge in [-0.3, -0.25) is 0 Å². The smallest absolute Gasteiger partial charge is 0.337 e. The molecule has 0 spiro atoms. The van der Waals surface area contributed by atoms with Gasteiger partial charge in [0.2, 0.25) is 0 Å². The summed E-state index contributed by atoms with van der Waals surface area (Å²) in [4.78, 5) is 12.0. The largest absolute Gasteiger partial charge is 0.498 e. The Bertz CT molecular complexity index is 479. The fourth-order valence-electron chi connectivity index (χ4n) is 5.10. The number of hydrogen-bond acceptors (Lipinski definition) is 4. The molecule has 0 aromatic heterocycles. The SMILES string of the molecule is COC1=C2C(=O)OCC2C2(C)CCCC(C)(C)C2C1O. The first kappa shape index (κ1) is 13.9. The molecule has 0 bridgehead atoms. The Morgan fingerprint density at radius 3 is 2.65 bits per heavy atom. The van der Waals surface area contributed by atoms with Gasteiger partial charge in [0.15, 0.2) is 0 Å². The first-order valence-corrected chi connectivity index (χ1v) is 7.46. The maximum atomic E-state index is 12.0. The van der Waals surface area contributed by atoms with E-state index in [9.17, 15) is 9.90 Å². The lowest BCUT2D eigenvalue weighted by molar-refractivity contribution is -0.135. The molecular weight excluding hydrogens is 256 g/mol. The number of methoxy groups -OCH3 is 1. The summed E-state index contributed by atoms with van der Waals surface area (Å²) in [6, 6.07) is 0. The molecule has 4 heteroatoms. The van der Waals surface area contributed by atoms with E-state index < -0.39 is 6.10 Å². The fraction of sp³-hybridized carbons (Fsp3) is 0.812. The average molecular weight is 280 g/mol. The van der Waals surface area contributed by atoms with Crippen molar-refractivity contribution in [1.29, 1.82) is 0 Å². The molecule has 1 N–H and O–H groups in total. The molecule has 0 amide bonds. The molecule has 0 aromatic carbocycles. The van der Waals surface area contributed by atoms with E-state index in [-0.39, 0.29) is 28.6 Å². The predicted molar refractivity (Wildman–Crippen MR) is 73.7 cm³/mol. The maximum Gasteiger partial charge on any atom is 0.337 e. The van der Waals surface area contributed by atoms with Gasteiger partial charge in [0.05, 0.1) is 19.3 Å². The summed E-state index contributed by atoms with van der Waals surface area (Å²) < 4.78 is 10.7. The van der Waals surface area contributed by atoms with E-state index >= 15 is 0 Å². The second kappa shape index (κ2) is 4.23. The van der Waals surface area contributed by atoms with Gasteiger partial charge in [-0.25, -0.2) is 4.79 Å². The van der Waals surface area contributed by atoms with Crippen LogP contribution in [0.1, 0.15) is 40.0 Å². The highest BCUT2D eigenvalue weighted by atomic mass is 16.5. The van der Waals surface area contributed by atoms with E-state index in [0.29, 0.717) is 17.9 Å². The number of cyclic esters (lactones) is 1. The minimum atomic E-state index is -0.711. The molecule has 4 nitrogen and oxygen atoms in total. The molecule has 2 fully saturated rings. The molecule has 0 aromatic rings. The number of hydrogen-bond donors (Lipinski definition) is 1. The maximum absolute atomic E-state index is 12.0. The topological polar surface area (TPSA) is 55.8 Å². The second-order valence-corrected chi connectivity index (χ2v) is 7.40. The number of aliphatic hydroxyl groups is 1. The van der Waals surface area contributed by atoms with E-state index in [1.807, 2.05) is 0 Å². The van der Waals surface area contributed by atoms with E-state index in [0.717, 1.165) is 19.3 Å². The summed E-state index contributed by atoms with van der Waals surface area (Å²) in [6.07, 6.45) is 2.54. The third kappa shape index (κ3) is 1.60. The fourth-order valence-corrected chi connectivity index (χ4v) is 5.10. The zero-order chi connectivity index (χ0) is 14.7. The summed E-state index contributed by atoms with van der Waals surface area (Å²) >= 11 is 0. The van der Waals surface area contributed by atoms with Crippen LogP contribution in [0.2, 0.25) is 0 Å². The highest BCUT2D eigenvalue weighted by Gasteiger charge is 2.61. The molecule has 3 rings (SSSR count). The monoisotopic (exact) mass is 280 g/mol. The van der Waals surface area contributed by atoms with Gasteiger partial charge >= 0.3 is 5.97 Å². The Hall–Kier alpha value is -1.03. The van der Waals surface area contributed by atoms with Gasteiger partial charge in [0, 0.05) is 11.8 Å². The first-order chi connectivity index (χ1) is 9.33. The average Bonchev–Trinajstić information content (AvgIpc) is 2.72. The Labute approximate surface area is 120 Å². The van der Waals surface area contributed by atoms with Crippen LogP contribution in [0.5, 0.6) is 0 Å². The van der Waals surface area contributed by atoms with Crippen LogP contribution in [0.15, 0.2) is 11.3 Å². The van der Waals surface area contributed by atoms with Gasteiger partial charge in [-0.1, -0.05) is 27.2 Å². The summed E-state index contributed by atoms with van der Waals surface area (Å²) in [5.74, 6) is 0.281. The predicted octanol–water partition coefficient (Wildman–Crippen LogP) is 2.27. The minimum Gasteiger partial charge on any atom is -0.498 e. The molecule has 4 unspecified atom stereocenters. The molecule has 1 aliphatic heterocycles. The molecule has 0 radical (unpaired) electrons. The summed E-state index contributed by atoms with van der Waals surface area (Å²) in [6.45, 7) is 7.07. The minimum absolute atomic E-state index is 0.0351. The number of aliphatic hydroxyl groups excluding tert-OH is 1. The molecule has 2 aliphatic carbocycles. The summed E-state index contributed by atoms with van der Waals surface area (Å²) in [5, 5.41) is 10.8. The molecule has 112 valence electrons. The van der Waals surface area contributed by atoms with Crippen molar-refractivity contribution in [2.24, 2.45) is 22.7 Å². The van der Waals surface area contributed by atoms with E-state index in [2.05, 4.69) is 20.8 Å². The zero-order valence-corrected chi connectivity index (χ0v) is 12.7. The van der Waals surface area contributed by atoms with Crippen LogP contribution in [0.3, 0.4) is 0 Å². The van der Waals surface area contributed by atoms with Crippen LogP contribution in [-0.2, 0) is 14.3 Å². The third-order valence-corrected chi connectivity index (χ3v) is 5.90. The van der Waals surface area contributed by atoms with Gasteiger partial charge < -0.3 is 14.6 Å². The number of rotatable bonds is 1. The van der Waals surface area contributed by atoms with Crippen molar-refractivity contribution < 1.29 is 19.4 Å². The van der Waals surface area contributed by atoms with Gasteiger partial charge in [-0.2, -0.15) is 0 Å². The molecule has 1 saturated heterocycles. The Morgan fingerprint density at radius 2 is 2.00 bits per heavy atom. The van der Waals surface area contributed by atoms with Crippen LogP contribution in [-0.4, -0.2) is 30.9 Å². The number of fused-ring (bicyclic) bond motifs is 3. The molecule has 1 saturated carbocycles. The van der Waals surface area contributed by atoms with E-state index in [1.165, 1.54) is 7.11 Å². The van der Waals surface area contributed by atoms with E-state index in [4.69, 9.17) is 9.47 Å². The van der Waals surface area contributed by atoms with Crippen LogP contribution < -0.4 is 0 Å². The van der Waals surface area contributed by atoms with Gasteiger partial charge in [0.25, 0.3) is 0 Å². The molecule has 3 aliphatic rings. The lowest BCUT2D eigenvalue weighted by Gasteiger charge is -2.57. The first-order valence-electron chi connectivity index (χ1n) is 7.46. The Kier molecular flexibility index (Phi) is 2.95. The van der Waals surface area contributed by atoms with Crippen molar-refractivity contribution in [3.05, 3.63) is 11.3 Å². The summed E-state index contributed by atoms with van der Waals surface area (Å²) in [5.41, 5.74) is 0.523. The standard InChI is InChI=1S/C16H24O4/c1-15(2)6-5-7-16(3)9-8-20-14(18)10(9)12(19-4)11(17)13(15)16/h9,11,13,17H,5-8H2,1-4H3. The lowest BCUT2D eigenvalue weighted by atomic mass is 9.48. The highest BCUT2D eigenvalue weighted by molar-refractivity contribution is 5.92. The normalized spacial score (nSPS) is 42.9. The Balaban J connectivity index is 2.18. The van der Waals surface area contributed by atoms with Crippen molar-refractivity contribution in [2.75, 3.05) is 13.7 Å². The Morgan fingerprint density at radius 1 is 1.30 bits per heavy atom. The highest BCUT2D eigenvalue weighted by Crippen LogP contribution is 2.62. The van der Waals surface area contributed by atoms with E-state index in [1.54, 1.807) is 0 Å². The molecule has 20 heavy (non-hydrogen) atoms. The quantitative estimate of drug-likeness (QED) is 0.749. The number of carbonyl (C=O) groups excluding carboxylic acids is 1. The van der Waals surface area contributed by atoms with Crippen molar-refractivity contribution in [1.82, 2.24) is 0 Å². The van der Waals surface area contributed by atoms with Gasteiger partial charge in [0.1, 0.15) is 11.9 Å².